The summed E-state index contributed by atoms with van der Waals surface area (Å²) < 4.78 is 24.4. The summed E-state index contributed by atoms with van der Waals surface area (Å²) in [5.74, 6) is -0.376. The third-order valence-electron chi connectivity index (χ3n) is 2.64. The first kappa shape index (κ1) is 14.5. The number of carbonyl (C=O) groups excluding carboxylic acids is 1. The van der Waals surface area contributed by atoms with Crippen LogP contribution in [0.5, 0.6) is 0 Å². The van der Waals surface area contributed by atoms with Gasteiger partial charge in [-0.05, 0) is 12.1 Å². The lowest BCUT2D eigenvalue weighted by Gasteiger charge is -2.02. The average Bonchev–Trinajstić information content (AvgIpc) is 2.46. The Morgan fingerprint density at radius 1 is 1.05 bits per heavy atom. The summed E-state index contributed by atoms with van der Waals surface area (Å²) in [7, 11) is -2.85. The molecule has 0 radical (unpaired) electrons. The van der Waals surface area contributed by atoms with Crippen molar-refractivity contribution in [2.75, 3.05) is 0 Å². The van der Waals surface area contributed by atoms with Crippen LogP contribution in [0.4, 0.5) is 11.4 Å². The number of hydrogen-bond acceptors (Lipinski definition) is 6. The average molecular weight is 304 g/mol. The van der Waals surface area contributed by atoms with Gasteiger partial charge in [0, 0.05) is 17.2 Å². The van der Waals surface area contributed by atoms with Crippen molar-refractivity contribution >= 4 is 27.7 Å². The normalized spacial score (nSPS) is 9.90. The summed E-state index contributed by atoms with van der Waals surface area (Å²) in [6, 6.07) is 11.7. The first-order chi connectivity index (χ1) is 9.99. The van der Waals surface area contributed by atoms with Crippen molar-refractivity contribution in [1.29, 1.82) is 0 Å². The zero-order valence-corrected chi connectivity index (χ0v) is 11.3. The summed E-state index contributed by atoms with van der Waals surface area (Å²) in [6.07, 6.45) is 0. The van der Waals surface area contributed by atoms with Crippen LogP contribution in [0.1, 0.15) is 15.9 Å². The van der Waals surface area contributed by atoms with Crippen molar-refractivity contribution in [2.45, 2.75) is 0 Å². The van der Waals surface area contributed by atoms with E-state index in [9.17, 15) is 23.3 Å². The van der Waals surface area contributed by atoms with Crippen molar-refractivity contribution in [3.63, 3.8) is 0 Å². The Balaban J connectivity index is 2.55. The van der Waals surface area contributed by atoms with E-state index in [1.807, 2.05) is 0 Å². The van der Waals surface area contributed by atoms with Gasteiger partial charge in [0.15, 0.2) is 11.5 Å². The summed E-state index contributed by atoms with van der Waals surface area (Å²) in [5, 5.41) is 10.8. The number of ketones is 1. The topological polar surface area (TPSA) is 107 Å². The molecule has 0 heterocycles. The Bertz CT molecular complexity index is 836. The Kier molecular flexibility index (Phi) is 4.19. The minimum atomic E-state index is -2.85. The van der Waals surface area contributed by atoms with Crippen molar-refractivity contribution in [3.8, 4) is 0 Å². The third-order valence-corrected chi connectivity index (χ3v) is 2.99. The fourth-order valence-electron chi connectivity index (χ4n) is 1.73. The van der Waals surface area contributed by atoms with Crippen molar-refractivity contribution < 1.29 is 18.1 Å². The quantitative estimate of drug-likeness (QED) is 0.490. The predicted octanol–water partition coefficient (Wildman–Crippen LogP) is 2.52. The van der Waals surface area contributed by atoms with E-state index in [1.165, 1.54) is 6.07 Å². The smallest absolute Gasteiger partial charge is 0.289 e. The largest absolute Gasteiger partial charge is 0.316 e. The lowest BCUT2D eigenvalue weighted by atomic mass is 10.0. The van der Waals surface area contributed by atoms with E-state index in [2.05, 4.69) is 4.36 Å². The number of benzene rings is 2. The van der Waals surface area contributed by atoms with Crippen LogP contribution in [-0.4, -0.2) is 19.1 Å². The molecule has 0 aliphatic heterocycles. The minimum Gasteiger partial charge on any atom is -0.289 e. The molecule has 106 valence electrons. The molecule has 0 N–H and O–H groups in total. The van der Waals surface area contributed by atoms with Crippen molar-refractivity contribution in [2.24, 2.45) is 4.36 Å². The maximum atomic E-state index is 12.2. The van der Waals surface area contributed by atoms with Gasteiger partial charge in [0.25, 0.3) is 5.69 Å². The van der Waals surface area contributed by atoms with Gasteiger partial charge in [0.05, 0.1) is 4.92 Å². The summed E-state index contributed by atoms with van der Waals surface area (Å²) in [6.45, 7) is 0. The second-order valence-corrected chi connectivity index (χ2v) is 4.58. The van der Waals surface area contributed by atoms with Gasteiger partial charge >= 0.3 is 10.5 Å². The van der Waals surface area contributed by atoms with Crippen LogP contribution in [0.15, 0.2) is 52.9 Å². The third kappa shape index (κ3) is 3.37. The van der Waals surface area contributed by atoms with E-state index in [0.29, 0.717) is 5.56 Å². The van der Waals surface area contributed by atoms with E-state index in [4.69, 9.17) is 0 Å². The van der Waals surface area contributed by atoms with Crippen LogP contribution >= 0.6 is 0 Å². The molecule has 0 aromatic heterocycles. The molecule has 0 atom stereocenters. The molecule has 0 bridgehead atoms. The van der Waals surface area contributed by atoms with Gasteiger partial charge in [-0.25, -0.2) is 0 Å². The molecule has 0 saturated heterocycles. The Labute approximate surface area is 120 Å². The summed E-state index contributed by atoms with van der Waals surface area (Å²) in [5.41, 5.74) is -0.351. The Morgan fingerprint density at radius 2 is 1.71 bits per heavy atom. The Morgan fingerprint density at radius 3 is 2.29 bits per heavy atom. The van der Waals surface area contributed by atoms with Crippen molar-refractivity contribution in [3.05, 3.63) is 69.8 Å². The van der Waals surface area contributed by atoms with E-state index in [0.717, 1.165) is 12.1 Å². The van der Waals surface area contributed by atoms with Crippen LogP contribution in [0, 0.1) is 10.1 Å². The van der Waals surface area contributed by atoms with E-state index >= 15 is 0 Å². The van der Waals surface area contributed by atoms with E-state index in [-0.39, 0.29) is 17.0 Å². The fourth-order valence-corrected chi connectivity index (χ4v) is 2.04. The number of nitro groups is 1. The molecule has 0 fully saturated rings. The molecule has 0 spiro atoms. The van der Waals surface area contributed by atoms with Gasteiger partial charge < -0.3 is 0 Å². The highest BCUT2D eigenvalue weighted by atomic mass is 32.2. The zero-order chi connectivity index (χ0) is 15.4. The standard InChI is InChI=1S/C13H8N2O5S/c16-13(9-4-2-1-3-5-9)10-6-7-12(15(17)18)11(8-10)14-21(19)20/h1-8H. The molecular weight excluding hydrogens is 296 g/mol. The van der Waals surface area contributed by atoms with Crippen LogP contribution in [0.2, 0.25) is 0 Å². The second kappa shape index (κ2) is 6.06. The molecule has 0 saturated carbocycles. The van der Waals surface area contributed by atoms with Gasteiger partial charge in [-0.15, -0.1) is 4.36 Å². The first-order valence-electron chi connectivity index (χ1n) is 5.68. The van der Waals surface area contributed by atoms with Gasteiger partial charge in [-0.3, -0.25) is 14.9 Å². The lowest BCUT2D eigenvalue weighted by Crippen LogP contribution is -2.01. The molecule has 8 heteroatoms. The van der Waals surface area contributed by atoms with Crippen molar-refractivity contribution in [1.82, 2.24) is 0 Å². The molecule has 2 rings (SSSR count). The molecule has 0 aliphatic rings. The molecular formula is C13H8N2O5S. The second-order valence-electron chi connectivity index (χ2n) is 3.96. The number of nitrogens with zero attached hydrogens (tertiary/aromatic N) is 2. The monoisotopic (exact) mass is 304 g/mol. The molecule has 21 heavy (non-hydrogen) atoms. The van der Waals surface area contributed by atoms with Gasteiger partial charge in [0.2, 0.25) is 0 Å². The number of rotatable bonds is 4. The highest BCUT2D eigenvalue weighted by Gasteiger charge is 2.17. The molecule has 0 amide bonds. The molecule has 2 aromatic rings. The minimum absolute atomic E-state index is 0.121. The van der Waals surface area contributed by atoms with E-state index in [1.54, 1.807) is 30.3 Å². The maximum absolute atomic E-state index is 12.2. The van der Waals surface area contributed by atoms with Crippen LogP contribution in [-0.2, 0) is 10.5 Å². The fraction of sp³-hybridized carbons (Fsp3) is 0. The highest BCUT2D eigenvalue weighted by Crippen LogP contribution is 2.29. The van der Waals surface area contributed by atoms with Gasteiger partial charge in [-0.1, -0.05) is 30.3 Å². The molecule has 0 unspecified atom stereocenters. The highest BCUT2D eigenvalue weighted by molar-refractivity contribution is 7.61. The first-order valence-corrected chi connectivity index (χ1v) is 6.71. The number of nitro benzene ring substituents is 1. The number of carbonyl (C=O) groups is 1. The maximum Gasteiger partial charge on any atom is 0.316 e. The molecule has 7 nitrogen and oxygen atoms in total. The predicted molar refractivity (Wildman–Crippen MR) is 74.0 cm³/mol. The SMILES string of the molecule is O=C(c1ccccc1)c1ccc([N+](=O)[O-])c(N=S(=O)=O)c1. The van der Waals surface area contributed by atoms with Crippen LogP contribution in [0.25, 0.3) is 0 Å². The summed E-state index contributed by atoms with van der Waals surface area (Å²) >= 11 is 0. The number of hydrogen-bond donors (Lipinski definition) is 0. The summed E-state index contributed by atoms with van der Waals surface area (Å²) in [4.78, 5) is 22.3. The van der Waals surface area contributed by atoms with E-state index < -0.39 is 21.1 Å². The van der Waals surface area contributed by atoms with Gasteiger partial charge in [0.1, 0.15) is 0 Å². The van der Waals surface area contributed by atoms with Crippen LogP contribution in [0.3, 0.4) is 0 Å². The Hall–Kier alpha value is -2.87. The zero-order valence-electron chi connectivity index (χ0n) is 10.5. The molecule has 0 aliphatic carbocycles. The lowest BCUT2D eigenvalue weighted by molar-refractivity contribution is -0.384. The van der Waals surface area contributed by atoms with Gasteiger partial charge in [-0.2, -0.15) is 8.42 Å². The molecule has 2 aromatic carbocycles. The van der Waals surface area contributed by atoms with Crippen LogP contribution < -0.4 is 0 Å².